The van der Waals surface area contributed by atoms with Crippen LogP contribution in [-0.2, 0) is 22.3 Å². The molecule has 6 nitrogen and oxygen atoms in total. The quantitative estimate of drug-likeness (QED) is 0.576. The van der Waals surface area contributed by atoms with E-state index in [0.29, 0.717) is 12.0 Å². The fourth-order valence-electron chi connectivity index (χ4n) is 4.09. The summed E-state index contributed by atoms with van der Waals surface area (Å²) in [5, 5.41) is 3.45. The van der Waals surface area contributed by atoms with Gasteiger partial charge in [-0.25, -0.2) is 13.1 Å². The molecule has 1 heterocycles. The number of likely N-dealkylation sites (tertiary alicyclic amines) is 1. The van der Waals surface area contributed by atoms with Crippen molar-refractivity contribution in [3.05, 3.63) is 35.4 Å². The average Bonchev–Trinajstić information content (AvgIpc) is 3.01. The van der Waals surface area contributed by atoms with E-state index in [0.717, 1.165) is 30.2 Å². The lowest BCUT2D eigenvalue weighted by atomic mass is 9.68. The van der Waals surface area contributed by atoms with Crippen LogP contribution in [0, 0.1) is 5.41 Å². The molecule has 1 spiro atoms. The predicted molar refractivity (Wildman–Crippen MR) is 110 cm³/mol. The molecule has 1 saturated carbocycles. The zero-order valence-electron chi connectivity index (χ0n) is 16.7. The van der Waals surface area contributed by atoms with E-state index < -0.39 is 10.0 Å². The van der Waals surface area contributed by atoms with Gasteiger partial charge < -0.3 is 10.2 Å². The summed E-state index contributed by atoms with van der Waals surface area (Å²) in [7, 11) is -1.45. The summed E-state index contributed by atoms with van der Waals surface area (Å²) in [5.41, 5.74) is 2.46. The number of nitrogens with one attached hydrogen (secondary N) is 2. The third kappa shape index (κ3) is 5.23. The van der Waals surface area contributed by atoms with Gasteiger partial charge in [-0.1, -0.05) is 30.7 Å². The van der Waals surface area contributed by atoms with Crippen LogP contribution in [-0.4, -0.2) is 45.5 Å². The standard InChI is InChI=1S/C20H32N4O2S/c1-16(2)23-27(25,26)14-18-7-5-17(6-8-18)13-22-19(21-3)24-12-11-20(15-24)9-4-10-20/h5-8,16,23H,4,9-15H2,1-3H3,(H,21,22). The van der Waals surface area contributed by atoms with Crippen molar-refractivity contribution in [3.8, 4) is 0 Å². The first kappa shape index (κ1) is 20.1. The highest BCUT2D eigenvalue weighted by molar-refractivity contribution is 7.88. The second-order valence-electron chi connectivity index (χ2n) is 8.27. The minimum atomic E-state index is -3.29. The minimum Gasteiger partial charge on any atom is -0.352 e. The number of hydrogen-bond donors (Lipinski definition) is 2. The molecule has 1 aromatic rings. The monoisotopic (exact) mass is 392 g/mol. The van der Waals surface area contributed by atoms with Crippen LogP contribution in [0.5, 0.6) is 0 Å². The molecule has 7 heteroatoms. The Labute approximate surface area is 163 Å². The van der Waals surface area contributed by atoms with E-state index in [4.69, 9.17) is 0 Å². The topological polar surface area (TPSA) is 73.8 Å². The maximum Gasteiger partial charge on any atom is 0.216 e. The first-order valence-corrected chi connectivity index (χ1v) is 11.5. The van der Waals surface area contributed by atoms with Crippen LogP contribution in [0.15, 0.2) is 29.3 Å². The molecule has 1 aliphatic carbocycles. The van der Waals surface area contributed by atoms with Crippen molar-refractivity contribution in [1.82, 2.24) is 14.9 Å². The van der Waals surface area contributed by atoms with Gasteiger partial charge in [-0.2, -0.15) is 0 Å². The van der Waals surface area contributed by atoms with E-state index in [1.165, 1.54) is 25.7 Å². The lowest BCUT2D eigenvalue weighted by Crippen LogP contribution is -2.42. The van der Waals surface area contributed by atoms with Crippen molar-refractivity contribution in [1.29, 1.82) is 0 Å². The van der Waals surface area contributed by atoms with Gasteiger partial charge in [0.2, 0.25) is 10.0 Å². The largest absolute Gasteiger partial charge is 0.352 e. The first-order valence-electron chi connectivity index (χ1n) is 9.84. The van der Waals surface area contributed by atoms with Crippen LogP contribution in [0.2, 0.25) is 0 Å². The number of guanidine groups is 1. The molecule has 0 unspecified atom stereocenters. The van der Waals surface area contributed by atoms with Gasteiger partial charge in [0, 0.05) is 32.7 Å². The van der Waals surface area contributed by atoms with Gasteiger partial charge in [0.05, 0.1) is 5.75 Å². The first-order chi connectivity index (χ1) is 12.8. The average molecular weight is 393 g/mol. The van der Waals surface area contributed by atoms with E-state index in [-0.39, 0.29) is 11.8 Å². The molecule has 0 bridgehead atoms. The highest BCUT2D eigenvalue weighted by atomic mass is 32.2. The molecule has 0 radical (unpaired) electrons. The Hall–Kier alpha value is -1.60. The Morgan fingerprint density at radius 1 is 1.19 bits per heavy atom. The third-order valence-corrected chi connectivity index (χ3v) is 7.15. The van der Waals surface area contributed by atoms with E-state index in [9.17, 15) is 8.42 Å². The smallest absolute Gasteiger partial charge is 0.216 e. The summed E-state index contributed by atoms with van der Waals surface area (Å²) >= 11 is 0. The molecule has 1 aliphatic heterocycles. The molecular weight excluding hydrogens is 360 g/mol. The van der Waals surface area contributed by atoms with Crippen molar-refractivity contribution in [2.75, 3.05) is 20.1 Å². The molecule has 0 aromatic heterocycles. The van der Waals surface area contributed by atoms with Crippen molar-refractivity contribution in [2.24, 2.45) is 10.4 Å². The fraction of sp³-hybridized carbons (Fsp3) is 0.650. The van der Waals surface area contributed by atoms with Crippen molar-refractivity contribution >= 4 is 16.0 Å². The molecule has 2 N–H and O–H groups in total. The van der Waals surface area contributed by atoms with Gasteiger partial charge in [0.15, 0.2) is 5.96 Å². The van der Waals surface area contributed by atoms with Gasteiger partial charge in [-0.15, -0.1) is 0 Å². The number of hydrogen-bond acceptors (Lipinski definition) is 3. The van der Waals surface area contributed by atoms with E-state index in [1.54, 1.807) is 0 Å². The van der Waals surface area contributed by atoms with E-state index >= 15 is 0 Å². The second kappa shape index (κ2) is 8.19. The van der Waals surface area contributed by atoms with Crippen LogP contribution in [0.4, 0.5) is 0 Å². The maximum absolute atomic E-state index is 12.0. The lowest BCUT2D eigenvalue weighted by molar-refractivity contribution is 0.151. The summed E-state index contributed by atoms with van der Waals surface area (Å²) in [6.45, 7) is 6.54. The lowest BCUT2D eigenvalue weighted by Gasteiger charge is -2.38. The number of benzene rings is 1. The molecule has 3 rings (SSSR count). The van der Waals surface area contributed by atoms with Crippen LogP contribution in [0.1, 0.15) is 50.7 Å². The van der Waals surface area contributed by atoms with Crippen LogP contribution >= 0.6 is 0 Å². The van der Waals surface area contributed by atoms with Gasteiger partial charge in [-0.05, 0) is 49.7 Å². The van der Waals surface area contributed by atoms with Crippen molar-refractivity contribution < 1.29 is 8.42 Å². The molecule has 2 aliphatic rings. The van der Waals surface area contributed by atoms with Gasteiger partial charge in [0.1, 0.15) is 0 Å². The molecule has 1 saturated heterocycles. The molecule has 2 fully saturated rings. The molecule has 150 valence electrons. The molecule has 27 heavy (non-hydrogen) atoms. The predicted octanol–water partition coefficient (Wildman–Crippen LogP) is 2.47. The number of aliphatic imine (C=N–C) groups is 1. The van der Waals surface area contributed by atoms with E-state index in [1.807, 2.05) is 45.2 Å². The number of nitrogens with zero attached hydrogens (tertiary/aromatic N) is 2. The maximum atomic E-state index is 12.0. The Kier molecular flexibility index (Phi) is 6.11. The summed E-state index contributed by atoms with van der Waals surface area (Å²) in [4.78, 5) is 6.82. The highest BCUT2D eigenvalue weighted by Crippen LogP contribution is 2.47. The Morgan fingerprint density at radius 3 is 2.37 bits per heavy atom. The fourth-order valence-corrected chi connectivity index (χ4v) is 5.52. The molecule has 1 aromatic carbocycles. The second-order valence-corrected chi connectivity index (χ2v) is 10.0. The van der Waals surface area contributed by atoms with Crippen molar-refractivity contribution in [3.63, 3.8) is 0 Å². The van der Waals surface area contributed by atoms with Gasteiger partial charge >= 0.3 is 0 Å². The van der Waals surface area contributed by atoms with Crippen LogP contribution in [0.3, 0.4) is 0 Å². The summed E-state index contributed by atoms with van der Waals surface area (Å²) in [5.74, 6) is 0.975. The molecule has 0 atom stereocenters. The highest BCUT2D eigenvalue weighted by Gasteiger charge is 2.43. The molecular formula is C20H32N4O2S. The zero-order valence-corrected chi connectivity index (χ0v) is 17.5. The van der Waals surface area contributed by atoms with Crippen LogP contribution < -0.4 is 10.0 Å². The summed E-state index contributed by atoms with van der Waals surface area (Å²) < 4.78 is 26.7. The Bertz CT molecular complexity index is 768. The molecule has 0 amide bonds. The van der Waals surface area contributed by atoms with Crippen molar-refractivity contribution in [2.45, 2.75) is 57.9 Å². The third-order valence-electron chi connectivity index (χ3n) is 5.61. The van der Waals surface area contributed by atoms with E-state index in [2.05, 4.69) is 19.9 Å². The Morgan fingerprint density at radius 2 is 1.85 bits per heavy atom. The zero-order chi connectivity index (χ0) is 19.5. The minimum absolute atomic E-state index is 0.0103. The van der Waals surface area contributed by atoms with Crippen LogP contribution in [0.25, 0.3) is 0 Å². The number of rotatable bonds is 6. The summed E-state index contributed by atoms with van der Waals surface area (Å²) in [6, 6.07) is 7.65. The number of sulfonamides is 1. The van der Waals surface area contributed by atoms with Gasteiger partial charge in [0.25, 0.3) is 0 Å². The SMILES string of the molecule is CN=C(NCc1ccc(CS(=O)(=O)NC(C)C)cc1)N1CCC2(CCC2)C1. The summed E-state index contributed by atoms with van der Waals surface area (Å²) in [6.07, 6.45) is 5.36. The Balaban J connectivity index is 1.52. The van der Waals surface area contributed by atoms with Gasteiger partial charge in [-0.3, -0.25) is 4.99 Å². The normalized spacial score (nSPS) is 19.6.